The molecule has 3 aromatic carbocycles. The van der Waals surface area contributed by atoms with Crippen molar-refractivity contribution in [1.82, 2.24) is 4.90 Å². The van der Waals surface area contributed by atoms with Gasteiger partial charge in [0.1, 0.15) is 15.8 Å². The van der Waals surface area contributed by atoms with E-state index in [0.717, 1.165) is 4.90 Å². The molecule has 1 heterocycles. The molecule has 4 aliphatic rings. The van der Waals surface area contributed by atoms with Gasteiger partial charge in [-0.05, 0) is 35.6 Å². The highest BCUT2D eigenvalue weighted by Crippen LogP contribution is 2.69. The number of benzene rings is 3. The predicted octanol–water partition coefficient (Wildman–Crippen LogP) is 5.17. The number of esters is 1. The molecule has 0 unspecified atom stereocenters. The maximum absolute atomic E-state index is 14.1. The molecule has 39 heavy (non-hydrogen) atoms. The lowest BCUT2D eigenvalue weighted by Gasteiger charge is -2.54. The first-order valence-corrected chi connectivity index (χ1v) is 13.7. The SMILES string of the molecule is CC[C@H](OC(=O)[C@H](C)N1C(=O)[C@@H]2[C@@H](C1=O)C1(Cl)c3ccccc3C2(Cl)c2ccccc21)C(=O)c1ccccc1. The van der Waals surface area contributed by atoms with Crippen molar-refractivity contribution in [2.75, 3.05) is 0 Å². The summed E-state index contributed by atoms with van der Waals surface area (Å²) < 4.78 is 5.58. The Morgan fingerprint density at radius 1 is 0.795 bits per heavy atom. The molecule has 0 radical (unpaired) electrons. The summed E-state index contributed by atoms with van der Waals surface area (Å²) in [5.41, 5.74) is 3.13. The minimum absolute atomic E-state index is 0.236. The van der Waals surface area contributed by atoms with Crippen molar-refractivity contribution in [1.29, 1.82) is 0 Å². The number of alkyl halides is 2. The van der Waals surface area contributed by atoms with Crippen LogP contribution in [0.4, 0.5) is 0 Å². The second kappa shape index (κ2) is 9.04. The highest BCUT2D eigenvalue weighted by Gasteiger charge is 2.73. The van der Waals surface area contributed by atoms with E-state index in [1.807, 2.05) is 48.5 Å². The summed E-state index contributed by atoms with van der Waals surface area (Å²) in [4.78, 5) is 52.6. The summed E-state index contributed by atoms with van der Waals surface area (Å²) in [6.45, 7) is 3.16. The van der Waals surface area contributed by atoms with E-state index in [2.05, 4.69) is 0 Å². The van der Waals surface area contributed by atoms with Crippen molar-refractivity contribution in [2.45, 2.75) is 42.2 Å². The molecule has 1 aliphatic heterocycles. The molecular formula is C31H25Cl2NO5. The number of Topliss-reactive ketones (excluding diaryl/α,β-unsaturated/α-hetero) is 1. The number of hydrogen-bond donors (Lipinski definition) is 0. The molecule has 0 N–H and O–H groups in total. The van der Waals surface area contributed by atoms with Gasteiger partial charge in [-0.1, -0.05) is 85.8 Å². The number of ether oxygens (including phenoxy) is 1. The highest BCUT2D eigenvalue weighted by atomic mass is 35.5. The van der Waals surface area contributed by atoms with Crippen LogP contribution in [0.2, 0.25) is 0 Å². The number of rotatable bonds is 6. The zero-order chi connectivity index (χ0) is 27.7. The molecule has 198 valence electrons. The molecular weight excluding hydrogens is 537 g/mol. The lowest BCUT2D eigenvalue weighted by Crippen LogP contribution is -2.57. The minimum Gasteiger partial charge on any atom is -0.452 e. The van der Waals surface area contributed by atoms with Gasteiger partial charge in [0.2, 0.25) is 17.6 Å². The molecule has 1 fully saturated rings. The molecule has 3 aliphatic carbocycles. The Balaban J connectivity index is 1.37. The second-order valence-corrected chi connectivity index (χ2v) is 11.4. The zero-order valence-corrected chi connectivity index (χ0v) is 22.8. The Morgan fingerprint density at radius 3 is 1.62 bits per heavy atom. The average molecular weight is 562 g/mol. The number of carbonyl (C=O) groups is 4. The van der Waals surface area contributed by atoms with Gasteiger partial charge in [0.15, 0.2) is 6.10 Å². The third-order valence-corrected chi connectivity index (χ3v) is 9.61. The standard InChI is InChI=1S/C31H25Cl2NO5/c1-3-23(26(35)18-11-5-4-6-12-18)39-29(38)17(2)34-27(36)24-25(28(34)37)31(33)20-14-8-7-13-19(20)30(24,32)21-15-9-10-16-22(21)31/h4-17,23-25H,3H2,1-2H3/t17-,23-,24-,25-,30?,31?/m0/s1. The third-order valence-electron chi connectivity index (χ3n) is 8.33. The Labute approximate surface area is 235 Å². The molecule has 7 rings (SSSR count). The Bertz CT molecular complexity index is 1420. The van der Waals surface area contributed by atoms with Gasteiger partial charge in [-0.15, -0.1) is 23.2 Å². The van der Waals surface area contributed by atoms with Crippen molar-refractivity contribution in [3.8, 4) is 0 Å². The van der Waals surface area contributed by atoms with Gasteiger partial charge < -0.3 is 4.74 Å². The summed E-state index contributed by atoms with van der Waals surface area (Å²) in [7, 11) is 0. The first kappa shape index (κ1) is 25.8. The monoisotopic (exact) mass is 561 g/mol. The Morgan fingerprint density at radius 2 is 1.21 bits per heavy atom. The van der Waals surface area contributed by atoms with Gasteiger partial charge in [-0.2, -0.15) is 0 Å². The fourth-order valence-electron chi connectivity index (χ4n) is 6.53. The largest absolute Gasteiger partial charge is 0.452 e. The van der Waals surface area contributed by atoms with Crippen molar-refractivity contribution >= 4 is 46.8 Å². The topological polar surface area (TPSA) is 80.8 Å². The van der Waals surface area contributed by atoms with Gasteiger partial charge in [0.25, 0.3) is 0 Å². The van der Waals surface area contributed by atoms with Gasteiger partial charge >= 0.3 is 5.97 Å². The van der Waals surface area contributed by atoms with Crippen LogP contribution in [-0.4, -0.2) is 40.6 Å². The third kappa shape index (κ3) is 3.34. The molecule has 2 amide bonds. The number of nitrogens with zero attached hydrogens (tertiary/aromatic N) is 1. The van der Waals surface area contributed by atoms with E-state index < -0.39 is 51.5 Å². The van der Waals surface area contributed by atoms with Gasteiger partial charge in [-0.3, -0.25) is 19.3 Å². The minimum atomic E-state index is -1.34. The quantitative estimate of drug-likeness (QED) is 0.179. The molecule has 1 saturated heterocycles. The lowest BCUT2D eigenvalue weighted by molar-refractivity contribution is -0.160. The summed E-state index contributed by atoms with van der Waals surface area (Å²) in [6.07, 6.45) is -0.819. The maximum atomic E-state index is 14.1. The van der Waals surface area contributed by atoms with Crippen LogP contribution in [0.3, 0.4) is 0 Å². The van der Waals surface area contributed by atoms with Crippen LogP contribution >= 0.6 is 23.2 Å². The van der Waals surface area contributed by atoms with Gasteiger partial charge in [0, 0.05) is 5.56 Å². The van der Waals surface area contributed by atoms with Gasteiger partial charge in [-0.25, -0.2) is 4.79 Å². The number of ketones is 1. The maximum Gasteiger partial charge on any atom is 0.329 e. The van der Waals surface area contributed by atoms with Crippen LogP contribution in [0.5, 0.6) is 0 Å². The number of halogens is 2. The van der Waals surface area contributed by atoms with Crippen molar-refractivity contribution in [3.05, 3.63) is 107 Å². The number of hydrogen-bond acceptors (Lipinski definition) is 5. The summed E-state index contributed by atoms with van der Waals surface area (Å²) in [6, 6.07) is 21.9. The van der Waals surface area contributed by atoms with Crippen LogP contribution in [0.15, 0.2) is 78.9 Å². The van der Waals surface area contributed by atoms with Gasteiger partial charge in [0.05, 0.1) is 11.8 Å². The zero-order valence-electron chi connectivity index (χ0n) is 21.3. The second-order valence-electron chi connectivity index (χ2n) is 10.3. The van der Waals surface area contributed by atoms with Crippen molar-refractivity contribution in [3.63, 3.8) is 0 Å². The van der Waals surface area contributed by atoms with E-state index in [4.69, 9.17) is 27.9 Å². The number of likely N-dealkylation sites (tertiary alicyclic amines) is 1. The number of amides is 2. The van der Waals surface area contributed by atoms with E-state index >= 15 is 0 Å². The van der Waals surface area contributed by atoms with E-state index in [1.165, 1.54) is 6.92 Å². The molecule has 0 saturated carbocycles. The molecule has 0 spiro atoms. The molecule has 0 aromatic heterocycles. The van der Waals surface area contributed by atoms with Crippen LogP contribution in [0, 0.1) is 11.8 Å². The predicted molar refractivity (Wildman–Crippen MR) is 145 cm³/mol. The highest BCUT2D eigenvalue weighted by molar-refractivity contribution is 6.36. The Hall–Kier alpha value is -3.48. The number of carbonyl (C=O) groups excluding carboxylic acids is 4. The Kier molecular flexibility index (Phi) is 5.97. The molecule has 8 heteroatoms. The van der Waals surface area contributed by atoms with Crippen LogP contribution in [0.25, 0.3) is 0 Å². The van der Waals surface area contributed by atoms with Crippen LogP contribution in [0.1, 0.15) is 52.9 Å². The van der Waals surface area contributed by atoms with E-state index in [0.29, 0.717) is 27.8 Å². The molecule has 2 bridgehead atoms. The summed E-state index contributed by atoms with van der Waals surface area (Å²) in [5, 5.41) is 0. The summed E-state index contributed by atoms with van der Waals surface area (Å²) in [5.74, 6) is -4.40. The van der Waals surface area contributed by atoms with E-state index in [-0.39, 0.29) is 12.2 Å². The van der Waals surface area contributed by atoms with Crippen LogP contribution < -0.4 is 0 Å². The lowest BCUT2D eigenvalue weighted by atomic mass is 9.54. The fourth-order valence-corrected chi connectivity index (χ4v) is 7.62. The first-order valence-electron chi connectivity index (χ1n) is 12.9. The smallest absolute Gasteiger partial charge is 0.329 e. The molecule has 3 aromatic rings. The molecule has 6 nitrogen and oxygen atoms in total. The van der Waals surface area contributed by atoms with E-state index in [1.54, 1.807) is 37.3 Å². The first-order chi connectivity index (χ1) is 18.7. The van der Waals surface area contributed by atoms with Crippen molar-refractivity contribution in [2.24, 2.45) is 11.8 Å². The fraction of sp³-hybridized carbons (Fsp3) is 0.290. The normalized spacial score (nSPS) is 27.8. The average Bonchev–Trinajstić information content (AvgIpc) is 3.24. The van der Waals surface area contributed by atoms with E-state index in [9.17, 15) is 19.2 Å². The van der Waals surface area contributed by atoms with Crippen LogP contribution in [-0.2, 0) is 28.9 Å². The summed E-state index contributed by atoms with van der Waals surface area (Å²) >= 11 is 14.9. The van der Waals surface area contributed by atoms with Crippen molar-refractivity contribution < 1.29 is 23.9 Å². The number of imide groups is 1. The molecule has 4 atom stereocenters.